The third-order valence-corrected chi connectivity index (χ3v) is 2.41. The molecule has 18 heavy (non-hydrogen) atoms. The van der Waals surface area contributed by atoms with E-state index in [9.17, 15) is 4.79 Å². The Morgan fingerprint density at radius 1 is 1.61 bits per heavy atom. The van der Waals surface area contributed by atoms with E-state index in [-0.39, 0.29) is 5.89 Å². The molecular formula is C9H11BrN6O2. The molecule has 0 unspecified atom stereocenters. The van der Waals surface area contributed by atoms with Crippen molar-refractivity contribution in [2.24, 2.45) is 5.73 Å². The largest absolute Gasteiger partial charge is 0.347 e. The van der Waals surface area contributed by atoms with Crippen LogP contribution < -0.4 is 11.1 Å². The van der Waals surface area contributed by atoms with Gasteiger partial charge in [0.25, 0.3) is 0 Å². The predicted octanol–water partition coefficient (Wildman–Crippen LogP) is -0.235. The maximum atomic E-state index is 11.5. The average molecular weight is 315 g/mol. The van der Waals surface area contributed by atoms with E-state index in [0.717, 1.165) is 4.47 Å². The molecule has 3 N–H and O–H groups in total. The first-order valence-electron chi connectivity index (χ1n) is 5.18. The van der Waals surface area contributed by atoms with Gasteiger partial charge in [-0.3, -0.25) is 9.48 Å². The number of amides is 1. The zero-order valence-electron chi connectivity index (χ0n) is 9.34. The van der Waals surface area contributed by atoms with E-state index >= 15 is 0 Å². The van der Waals surface area contributed by atoms with Crippen LogP contribution in [0, 0.1) is 0 Å². The van der Waals surface area contributed by atoms with Crippen LogP contribution in [-0.2, 0) is 6.54 Å². The van der Waals surface area contributed by atoms with Crippen LogP contribution in [0.25, 0.3) is 0 Å². The number of hydrogen-bond acceptors (Lipinski definition) is 6. The normalized spacial score (nSPS) is 10.6. The molecule has 0 aromatic carbocycles. The van der Waals surface area contributed by atoms with Crippen molar-refractivity contribution < 1.29 is 9.32 Å². The van der Waals surface area contributed by atoms with Crippen LogP contribution >= 0.6 is 15.9 Å². The van der Waals surface area contributed by atoms with Crippen molar-refractivity contribution in [3.05, 3.63) is 28.6 Å². The summed E-state index contributed by atoms with van der Waals surface area (Å²) in [5.41, 5.74) is 5.27. The summed E-state index contributed by atoms with van der Waals surface area (Å²) in [4.78, 5) is 15.4. The highest BCUT2D eigenvalue weighted by molar-refractivity contribution is 9.10. The van der Waals surface area contributed by atoms with Crippen LogP contribution in [-0.4, -0.2) is 38.9 Å². The molecule has 1 amide bonds. The Kier molecular flexibility index (Phi) is 4.05. The fraction of sp³-hybridized carbons (Fsp3) is 0.333. The van der Waals surface area contributed by atoms with E-state index in [1.807, 2.05) is 0 Å². The number of rotatable bonds is 5. The van der Waals surface area contributed by atoms with Crippen LogP contribution in [0.3, 0.4) is 0 Å². The van der Waals surface area contributed by atoms with Crippen molar-refractivity contribution in [2.75, 3.05) is 13.1 Å². The molecule has 2 aromatic heterocycles. The zero-order chi connectivity index (χ0) is 13.0. The lowest BCUT2D eigenvalue weighted by molar-refractivity contribution is 0.0911. The number of hydrogen-bond donors (Lipinski definition) is 2. The van der Waals surface area contributed by atoms with Crippen molar-refractivity contribution in [2.45, 2.75) is 6.54 Å². The average Bonchev–Trinajstić information content (AvgIpc) is 2.96. The molecule has 2 heterocycles. The molecule has 0 bridgehead atoms. The van der Waals surface area contributed by atoms with Crippen LogP contribution in [0.15, 0.2) is 21.4 Å². The summed E-state index contributed by atoms with van der Waals surface area (Å²) in [5.74, 6) is -0.131. The van der Waals surface area contributed by atoms with Crippen molar-refractivity contribution >= 4 is 21.8 Å². The summed E-state index contributed by atoms with van der Waals surface area (Å²) in [6.07, 6.45) is 3.42. The standard InChI is InChI=1S/C9H11BrN6O2/c10-6-3-13-16(4-6)5-7-14-9(18-15-7)8(17)12-2-1-11/h3-4H,1-2,5,11H2,(H,12,17). The highest BCUT2D eigenvalue weighted by Crippen LogP contribution is 2.07. The molecule has 0 fully saturated rings. The van der Waals surface area contributed by atoms with E-state index in [4.69, 9.17) is 10.3 Å². The molecule has 9 heteroatoms. The second kappa shape index (κ2) is 5.74. The second-order valence-corrected chi connectivity index (χ2v) is 4.33. The summed E-state index contributed by atoms with van der Waals surface area (Å²) < 4.78 is 7.31. The smallest absolute Gasteiger partial charge is 0.316 e. The van der Waals surface area contributed by atoms with Crippen molar-refractivity contribution in [3.63, 3.8) is 0 Å². The molecule has 0 aliphatic rings. The summed E-state index contributed by atoms with van der Waals surface area (Å²) >= 11 is 3.28. The van der Waals surface area contributed by atoms with Gasteiger partial charge in [0.2, 0.25) is 0 Å². The van der Waals surface area contributed by atoms with Crippen molar-refractivity contribution in [1.29, 1.82) is 0 Å². The lowest BCUT2D eigenvalue weighted by Crippen LogP contribution is -2.29. The van der Waals surface area contributed by atoms with Gasteiger partial charge in [-0.2, -0.15) is 10.1 Å². The second-order valence-electron chi connectivity index (χ2n) is 3.42. The number of halogens is 1. The van der Waals surface area contributed by atoms with Gasteiger partial charge in [-0.1, -0.05) is 5.16 Å². The van der Waals surface area contributed by atoms with E-state index in [1.165, 1.54) is 0 Å². The fourth-order valence-electron chi connectivity index (χ4n) is 1.24. The number of nitrogens with zero attached hydrogens (tertiary/aromatic N) is 4. The predicted molar refractivity (Wildman–Crippen MR) is 64.7 cm³/mol. The number of nitrogens with one attached hydrogen (secondary N) is 1. The first-order chi connectivity index (χ1) is 8.69. The fourth-order valence-corrected chi connectivity index (χ4v) is 1.57. The molecule has 0 saturated carbocycles. The summed E-state index contributed by atoms with van der Waals surface area (Å²) in [6, 6.07) is 0. The first kappa shape index (κ1) is 12.7. The minimum atomic E-state index is -0.430. The van der Waals surface area contributed by atoms with Crippen molar-refractivity contribution in [1.82, 2.24) is 25.2 Å². The molecule has 2 aromatic rings. The third kappa shape index (κ3) is 3.14. The Balaban J connectivity index is 1.99. The Hall–Kier alpha value is -1.74. The number of carbonyl (C=O) groups is 1. The van der Waals surface area contributed by atoms with Gasteiger partial charge in [-0.05, 0) is 15.9 Å². The molecule has 2 rings (SSSR count). The van der Waals surface area contributed by atoms with E-state index < -0.39 is 5.91 Å². The molecular weight excluding hydrogens is 304 g/mol. The summed E-state index contributed by atoms with van der Waals surface area (Å²) in [6.45, 7) is 1.05. The van der Waals surface area contributed by atoms with Gasteiger partial charge in [0.05, 0.1) is 10.7 Å². The van der Waals surface area contributed by atoms with Crippen LogP contribution in [0.4, 0.5) is 0 Å². The van der Waals surface area contributed by atoms with Gasteiger partial charge in [-0.25, -0.2) is 0 Å². The quantitative estimate of drug-likeness (QED) is 0.788. The molecule has 0 atom stereocenters. The summed E-state index contributed by atoms with van der Waals surface area (Å²) in [7, 11) is 0. The van der Waals surface area contributed by atoms with Crippen LogP contribution in [0.2, 0.25) is 0 Å². The van der Waals surface area contributed by atoms with E-state index in [0.29, 0.717) is 25.5 Å². The Labute approximate surface area is 111 Å². The topological polar surface area (TPSA) is 112 Å². The highest BCUT2D eigenvalue weighted by Gasteiger charge is 2.14. The molecule has 0 radical (unpaired) electrons. The SMILES string of the molecule is NCCNC(=O)c1nc(Cn2cc(Br)cn2)no1. The lowest BCUT2D eigenvalue weighted by atomic mass is 10.5. The minimum absolute atomic E-state index is 0.0790. The number of aromatic nitrogens is 4. The Morgan fingerprint density at radius 3 is 3.11 bits per heavy atom. The van der Waals surface area contributed by atoms with Gasteiger partial charge in [0.15, 0.2) is 5.82 Å². The van der Waals surface area contributed by atoms with Gasteiger partial charge >= 0.3 is 11.8 Å². The lowest BCUT2D eigenvalue weighted by Gasteiger charge is -1.96. The Morgan fingerprint density at radius 2 is 2.44 bits per heavy atom. The number of nitrogens with two attached hydrogens (primary N) is 1. The molecule has 8 nitrogen and oxygen atoms in total. The maximum absolute atomic E-state index is 11.5. The Bertz CT molecular complexity index is 537. The van der Waals surface area contributed by atoms with Gasteiger partial charge in [0.1, 0.15) is 6.54 Å². The molecule has 0 aliphatic heterocycles. The maximum Gasteiger partial charge on any atom is 0.316 e. The summed E-state index contributed by atoms with van der Waals surface area (Å²) in [5, 5.41) is 10.3. The molecule has 0 spiro atoms. The number of carbonyl (C=O) groups excluding carboxylic acids is 1. The van der Waals surface area contributed by atoms with Gasteiger partial charge in [-0.15, -0.1) is 0 Å². The van der Waals surface area contributed by atoms with Crippen LogP contribution in [0.5, 0.6) is 0 Å². The molecule has 0 aliphatic carbocycles. The first-order valence-corrected chi connectivity index (χ1v) is 5.97. The third-order valence-electron chi connectivity index (χ3n) is 2.00. The van der Waals surface area contributed by atoms with Gasteiger partial charge in [0, 0.05) is 19.3 Å². The molecule has 96 valence electrons. The van der Waals surface area contributed by atoms with Gasteiger partial charge < -0.3 is 15.6 Å². The highest BCUT2D eigenvalue weighted by atomic mass is 79.9. The van der Waals surface area contributed by atoms with Crippen molar-refractivity contribution in [3.8, 4) is 0 Å². The van der Waals surface area contributed by atoms with E-state index in [1.54, 1.807) is 17.1 Å². The molecule has 0 saturated heterocycles. The van der Waals surface area contributed by atoms with Crippen LogP contribution in [0.1, 0.15) is 16.5 Å². The monoisotopic (exact) mass is 314 g/mol. The minimum Gasteiger partial charge on any atom is -0.347 e. The zero-order valence-corrected chi connectivity index (χ0v) is 10.9. The van der Waals surface area contributed by atoms with E-state index in [2.05, 4.69) is 36.5 Å².